The first-order chi connectivity index (χ1) is 11.2. The van der Waals surface area contributed by atoms with E-state index in [0.29, 0.717) is 17.0 Å². The van der Waals surface area contributed by atoms with Gasteiger partial charge in [-0.05, 0) is 43.0 Å². The van der Waals surface area contributed by atoms with Crippen LogP contribution in [0.2, 0.25) is 5.02 Å². The van der Waals surface area contributed by atoms with Crippen molar-refractivity contribution >= 4 is 42.1 Å². The lowest BCUT2D eigenvalue weighted by Crippen LogP contribution is -2.23. The average Bonchev–Trinajstić information content (AvgIpc) is 2.52. The number of amides is 1. The second-order valence-electron chi connectivity index (χ2n) is 5.32. The molecule has 24 heavy (non-hydrogen) atoms. The number of carboxylic acids is 2. The molecule has 1 rings (SSSR count). The number of halogens is 1. The number of hydroxylamine groups is 1. The molecule has 1 aromatic rings. The predicted molar refractivity (Wildman–Crippen MR) is 89.8 cm³/mol. The third-order valence-electron chi connectivity index (χ3n) is 3.50. The zero-order valence-corrected chi connectivity index (χ0v) is 14.3. The maximum atomic E-state index is 11.4. The number of hydrogen-bond donors (Lipinski definition) is 5. The Bertz CT molecular complexity index is 624. The number of aromatic carboxylic acids is 1. The molecular weight excluding hydrogens is 358 g/mol. The Hall–Kier alpha value is -1.77. The molecule has 1 aromatic carbocycles. The molecule has 0 aliphatic heterocycles. The van der Waals surface area contributed by atoms with Gasteiger partial charge in [0.1, 0.15) is 0 Å². The summed E-state index contributed by atoms with van der Waals surface area (Å²) >= 11 is 10.2. The van der Waals surface area contributed by atoms with Gasteiger partial charge < -0.3 is 10.2 Å². The molecule has 0 saturated carbocycles. The summed E-state index contributed by atoms with van der Waals surface area (Å²) in [6.07, 6.45) is 0.600. The van der Waals surface area contributed by atoms with Crippen LogP contribution in [0, 0.1) is 5.92 Å². The molecule has 9 heteroatoms. The van der Waals surface area contributed by atoms with E-state index in [1.54, 1.807) is 0 Å². The molecule has 0 saturated heterocycles. The van der Waals surface area contributed by atoms with E-state index in [1.165, 1.54) is 23.7 Å². The zero-order valence-electron chi connectivity index (χ0n) is 12.6. The molecule has 0 heterocycles. The summed E-state index contributed by atoms with van der Waals surface area (Å²) in [5, 5.41) is 26.7. The normalized spacial score (nSPS) is 13.1. The monoisotopic (exact) mass is 375 g/mol. The Labute approximate surface area is 149 Å². The summed E-state index contributed by atoms with van der Waals surface area (Å²) in [5.74, 6) is -3.55. The predicted octanol–water partition coefficient (Wildman–Crippen LogP) is 2.26. The van der Waals surface area contributed by atoms with Gasteiger partial charge in [0.2, 0.25) is 5.91 Å². The number of rotatable bonds is 9. The quantitative estimate of drug-likeness (QED) is 0.256. The summed E-state index contributed by atoms with van der Waals surface area (Å²) in [7, 11) is 0. The van der Waals surface area contributed by atoms with Crippen molar-refractivity contribution in [1.29, 1.82) is 0 Å². The minimum Gasteiger partial charge on any atom is -0.481 e. The fourth-order valence-corrected chi connectivity index (χ4v) is 2.71. The smallest absolute Gasteiger partial charge is 0.335 e. The van der Waals surface area contributed by atoms with Gasteiger partial charge in [-0.15, -0.1) is 0 Å². The fraction of sp³-hybridized carbons (Fsp3) is 0.400. The summed E-state index contributed by atoms with van der Waals surface area (Å²) in [6.45, 7) is 0. The summed E-state index contributed by atoms with van der Waals surface area (Å²) in [5.41, 5.74) is 1.96. The van der Waals surface area contributed by atoms with E-state index in [-0.39, 0.29) is 24.8 Å². The van der Waals surface area contributed by atoms with Crippen LogP contribution in [0.3, 0.4) is 0 Å². The van der Waals surface area contributed by atoms with Crippen molar-refractivity contribution in [2.75, 3.05) is 0 Å². The van der Waals surface area contributed by atoms with E-state index in [0.717, 1.165) is 0 Å². The second kappa shape index (κ2) is 9.51. The third kappa shape index (κ3) is 6.38. The number of carboxylic acid groups (broad SMARTS) is 2. The Kier molecular flexibility index (Phi) is 8.03. The molecular formula is C15H18ClNO6S. The van der Waals surface area contributed by atoms with Crippen LogP contribution in [-0.4, -0.2) is 38.5 Å². The van der Waals surface area contributed by atoms with Gasteiger partial charge in [-0.1, -0.05) is 11.6 Å². The van der Waals surface area contributed by atoms with Crippen molar-refractivity contribution in [3.8, 4) is 0 Å². The van der Waals surface area contributed by atoms with Crippen molar-refractivity contribution in [2.24, 2.45) is 5.92 Å². The third-order valence-corrected chi connectivity index (χ3v) is 4.31. The fourth-order valence-electron chi connectivity index (χ4n) is 2.20. The van der Waals surface area contributed by atoms with Gasteiger partial charge in [-0.3, -0.25) is 14.8 Å². The van der Waals surface area contributed by atoms with Gasteiger partial charge in [0.25, 0.3) is 0 Å². The minimum atomic E-state index is -1.12. The molecule has 0 aliphatic carbocycles. The zero-order chi connectivity index (χ0) is 18.3. The lowest BCUT2D eigenvalue weighted by Gasteiger charge is -2.16. The summed E-state index contributed by atoms with van der Waals surface area (Å²) in [6, 6.07) is 4.13. The molecule has 0 aromatic heterocycles. The second-order valence-corrected chi connectivity index (χ2v) is 6.46. The van der Waals surface area contributed by atoms with E-state index in [2.05, 4.69) is 12.6 Å². The van der Waals surface area contributed by atoms with Gasteiger partial charge in [-0.25, -0.2) is 10.3 Å². The summed E-state index contributed by atoms with van der Waals surface area (Å²) < 4.78 is 0. The number of thiol groups is 1. The number of hydrogen-bond acceptors (Lipinski definition) is 5. The summed E-state index contributed by atoms with van der Waals surface area (Å²) in [4.78, 5) is 33.5. The average molecular weight is 376 g/mol. The maximum absolute atomic E-state index is 11.4. The Morgan fingerprint density at radius 2 is 1.88 bits per heavy atom. The van der Waals surface area contributed by atoms with E-state index >= 15 is 0 Å². The van der Waals surface area contributed by atoms with Crippen LogP contribution in [0.5, 0.6) is 0 Å². The minimum absolute atomic E-state index is 0.0326. The highest BCUT2D eigenvalue weighted by Gasteiger charge is 2.22. The molecule has 1 amide bonds. The van der Waals surface area contributed by atoms with Crippen LogP contribution >= 0.6 is 24.2 Å². The van der Waals surface area contributed by atoms with Gasteiger partial charge >= 0.3 is 11.9 Å². The topological polar surface area (TPSA) is 124 Å². The standard InChI is InChI=1S/C15H18ClNO6S/c16-12-4-2-9(15(21)22)6-10(12)5-8(14(19)20)1-3-11(24)7-13(18)17-23/h2,4,6,8,11,23-24H,1,3,5,7H2,(H,17,18)(H,19,20)(H,21,22). The highest BCUT2D eigenvalue weighted by Crippen LogP contribution is 2.24. The first kappa shape index (κ1) is 20.3. The van der Waals surface area contributed by atoms with Crippen molar-refractivity contribution in [3.63, 3.8) is 0 Å². The van der Waals surface area contributed by atoms with Gasteiger partial charge in [0.05, 0.1) is 11.5 Å². The van der Waals surface area contributed by atoms with Crippen LogP contribution in [0.25, 0.3) is 0 Å². The number of nitrogens with one attached hydrogen (secondary N) is 1. The maximum Gasteiger partial charge on any atom is 0.335 e. The van der Waals surface area contributed by atoms with Gasteiger partial charge in [-0.2, -0.15) is 12.6 Å². The molecule has 2 unspecified atom stereocenters. The molecule has 0 spiro atoms. The SMILES string of the molecule is O=C(CC(S)CCC(Cc1cc(C(=O)O)ccc1Cl)C(=O)O)NO. The first-order valence-electron chi connectivity index (χ1n) is 7.10. The first-order valence-corrected chi connectivity index (χ1v) is 7.99. The number of carbonyl (C=O) groups excluding carboxylic acids is 1. The number of aliphatic carboxylic acids is 1. The largest absolute Gasteiger partial charge is 0.481 e. The highest BCUT2D eigenvalue weighted by atomic mass is 35.5. The van der Waals surface area contributed by atoms with Crippen molar-refractivity contribution in [2.45, 2.75) is 30.9 Å². The van der Waals surface area contributed by atoms with Crippen molar-refractivity contribution in [1.82, 2.24) is 5.48 Å². The van der Waals surface area contributed by atoms with E-state index in [9.17, 15) is 19.5 Å². The molecule has 0 radical (unpaired) electrons. The molecule has 0 bridgehead atoms. The van der Waals surface area contributed by atoms with Crippen LogP contribution in [-0.2, 0) is 16.0 Å². The highest BCUT2D eigenvalue weighted by molar-refractivity contribution is 7.81. The molecule has 132 valence electrons. The lowest BCUT2D eigenvalue weighted by atomic mass is 9.93. The van der Waals surface area contributed by atoms with E-state index < -0.39 is 29.0 Å². The molecule has 0 fully saturated rings. The van der Waals surface area contributed by atoms with Crippen LogP contribution in [0.4, 0.5) is 0 Å². The van der Waals surface area contributed by atoms with Crippen molar-refractivity contribution in [3.05, 3.63) is 34.3 Å². The Morgan fingerprint density at radius 1 is 1.21 bits per heavy atom. The van der Waals surface area contributed by atoms with Gasteiger partial charge in [0.15, 0.2) is 0 Å². The van der Waals surface area contributed by atoms with Crippen LogP contribution in [0.15, 0.2) is 18.2 Å². The Morgan fingerprint density at radius 3 is 2.42 bits per heavy atom. The Balaban J connectivity index is 2.76. The van der Waals surface area contributed by atoms with E-state index in [1.807, 2.05) is 0 Å². The van der Waals surface area contributed by atoms with Crippen LogP contribution < -0.4 is 5.48 Å². The number of benzene rings is 1. The van der Waals surface area contributed by atoms with E-state index in [4.69, 9.17) is 21.9 Å². The van der Waals surface area contributed by atoms with Gasteiger partial charge in [0, 0.05) is 16.7 Å². The lowest BCUT2D eigenvalue weighted by molar-refractivity contribution is -0.141. The number of carbonyl (C=O) groups is 3. The molecule has 2 atom stereocenters. The van der Waals surface area contributed by atoms with Crippen molar-refractivity contribution < 1.29 is 29.8 Å². The molecule has 0 aliphatic rings. The molecule has 7 nitrogen and oxygen atoms in total. The molecule has 4 N–H and O–H groups in total. The van der Waals surface area contributed by atoms with Crippen LogP contribution in [0.1, 0.15) is 35.2 Å².